The largest absolute Gasteiger partial charge is 0.358 e. The third-order valence-electron chi connectivity index (χ3n) is 3.42. The Morgan fingerprint density at radius 3 is 2.42 bits per heavy atom. The Labute approximate surface area is 143 Å². The minimum Gasteiger partial charge on any atom is -0.358 e. The predicted octanol–water partition coefficient (Wildman–Crippen LogP) is 4.34. The van der Waals surface area contributed by atoms with Gasteiger partial charge in [-0.05, 0) is 35.4 Å². The summed E-state index contributed by atoms with van der Waals surface area (Å²) in [6.45, 7) is 0. The van der Waals surface area contributed by atoms with Crippen LogP contribution in [0.2, 0.25) is 5.02 Å². The quantitative estimate of drug-likeness (QED) is 0.768. The van der Waals surface area contributed by atoms with E-state index < -0.39 is 0 Å². The van der Waals surface area contributed by atoms with Gasteiger partial charge in [-0.3, -0.25) is 0 Å². The van der Waals surface area contributed by atoms with Gasteiger partial charge in [0.2, 0.25) is 0 Å². The molecule has 1 unspecified atom stereocenters. The molecule has 0 bridgehead atoms. The lowest BCUT2D eigenvalue weighted by Gasteiger charge is -2.20. The molecule has 4 nitrogen and oxygen atoms in total. The van der Waals surface area contributed by atoms with E-state index in [1.807, 2.05) is 24.3 Å². The molecule has 1 N–H and O–H groups in total. The van der Waals surface area contributed by atoms with Crippen LogP contribution in [0.15, 0.2) is 60.9 Å². The summed E-state index contributed by atoms with van der Waals surface area (Å²) in [6, 6.07) is 15.2. The maximum Gasteiger partial charge on any atom is 0.158 e. The molecule has 3 rings (SSSR count). The summed E-state index contributed by atoms with van der Waals surface area (Å²) in [7, 11) is 0. The molecule has 1 atom stereocenters. The van der Waals surface area contributed by atoms with Crippen LogP contribution in [0.5, 0.6) is 0 Å². The van der Waals surface area contributed by atoms with Crippen LogP contribution in [0, 0.1) is 17.1 Å². The van der Waals surface area contributed by atoms with Crippen molar-refractivity contribution in [2.24, 2.45) is 0 Å². The molecule has 3 aromatic rings. The Hall–Kier alpha value is -2.97. The smallest absolute Gasteiger partial charge is 0.158 e. The fourth-order valence-electron chi connectivity index (χ4n) is 2.34. The minimum absolute atomic E-state index is 0.227. The molecule has 0 aliphatic carbocycles. The number of rotatable bonds is 4. The molecule has 0 saturated carbocycles. The van der Waals surface area contributed by atoms with Crippen LogP contribution in [0.4, 0.5) is 10.2 Å². The zero-order valence-electron chi connectivity index (χ0n) is 12.4. The molecule has 1 aromatic heterocycles. The molecule has 0 radical (unpaired) electrons. The van der Waals surface area contributed by atoms with Crippen molar-refractivity contribution in [2.75, 3.05) is 5.32 Å². The number of benzene rings is 2. The number of nitrogens with zero attached hydrogens (tertiary/aromatic N) is 3. The zero-order valence-corrected chi connectivity index (χ0v) is 13.2. The highest BCUT2D eigenvalue weighted by Crippen LogP contribution is 2.28. The van der Waals surface area contributed by atoms with Gasteiger partial charge in [0.05, 0.1) is 18.4 Å². The van der Waals surface area contributed by atoms with Crippen LogP contribution in [-0.2, 0) is 0 Å². The second kappa shape index (κ2) is 7.07. The number of anilines is 1. The Bertz CT molecular complexity index is 845. The molecule has 6 heteroatoms. The van der Waals surface area contributed by atoms with Crippen molar-refractivity contribution < 1.29 is 4.39 Å². The summed E-state index contributed by atoms with van der Waals surface area (Å²) in [4.78, 5) is 8.15. The number of aromatic nitrogens is 2. The van der Waals surface area contributed by atoms with Crippen LogP contribution < -0.4 is 5.32 Å². The summed E-state index contributed by atoms with van der Waals surface area (Å²) >= 11 is 6.08. The number of hydrogen-bond donors (Lipinski definition) is 1. The standard InChI is InChI=1S/C18H12ClFN4/c19-14-5-1-3-12(7-14)18(13-4-2-6-15(20)8-13)24-17-11-22-16(9-21)10-23-17/h1-8,10-11,18H,(H,23,24). The van der Waals surface area contributed by atoms with E-state index in [0.717, 1.165) is 11.1 Å². The van der Waals surface area contributed by atoms with Gasteiger partial charge in [0.1, 0.15) is 17.7 Å². The van der Waals surface area contributed by atoms with Gasteiger partial charge in [0.15, 0.2) is 5.69 Å². The lowest BCUT2D eigenvalue weighted by molar-refractivity contribution is 0.624. The van der Waals surface area contributed by atoms with Crippen LogP contribution in [-0.4, -0.2) is 9.97 Å². The normalized spacial score (nSPS) is 11.5. The van der Waals surface area contributed by atoms with Gasteiger partial charge in [0, 0.05) is 5.02 Å². The van der Waals surface area contributed by atoms with E-state index in [0.29, 0.717) is 10.8 Å². The van der Waals surface area contributed by atoms with Crippen LogP contribution >= 0.6 is 11.6 Å². The van der Waals surface area contributed by atoms with Gasteiger partial charge in [-0.2, -0.15) is 5.26 Å². The Morgan fingerprint density at radius 2 is 1.79 bits per heavy atom. The van der Waals surface area contributed by atoms with Crippen LogP contribution in [0.25, 0.3) is 0 Å². The highest BCUT2D eigenvalue weighted by Gasteiger charge is 2.16. The van der Waals surface area contributed by atoms with Crippen molar-refractivity contribution in [3.8, 4) is 6.07 Å². The Morgan fingerprint density at radius 1 is 1.04 bits per heavy atom. The first-order valence-corrected chi connectivity index (χ1v) is 7.53. The van der Waals surface area contributed by atoms with Gasteiger partial charge in [-0.1, -0.05) is 35.9 Å². The molecule has 0 amide bonds. The van der Waals surface area contributed by atoms with Crippen molar-refractivity contribution in [1.82, 2.24) is 9.97 Å². The maximum absolute atomic E-state index is 13.6. The van der Waals surface area contributed by atoms with E-state index in [1.165, 1.54) is 24.5 Å². The van der Waals surface area contributed by atoms with E-state index in [1.54, 1.807) is 18.2 Å². The predicted molar refractivity (Wildman–Crippen MR) is 90.1 cm³/mol. The first-order valence-electron chi connectivity index (χ1n) is 7.15. The first-order chi connectivity index (χ1) is 11.7. The molecule has 0 spiro atoms. The first kappa shape index (κ1) is 15.9. The second-order valence-corrected chi connectivity index (χ2v) is 5.52. The van der Waals surface area contributed by atoms with E-state index in [4.69, 9.17) is 16.9 Å². The van der Waals surface area contributed by atoms with Crippen LogP contribution in [0.1, 0.15) is 22.9 Å². The van der Waals surface area contributed by atoms with E-state index >= 15 is 0 Å². The number of nitriles is 1. The maximum atomic E-state index is 13.6. The lowest BCUT2D eigenvalue weighted by atomic mass is 9.98. The average Bonchev–Trinajstić information content (AvgIpc) is 2.60. The van der Waals surface area contributed by atoms with Gasteiger partial charge < -0.3 is 5.32 Å². The topological polar surface area (TPSA) is 61.6 Å². The molecule has 0 saturated heterocycles. The number of halogens is 2. The van der Waals surface area contributed by atoms with Gasteiger partial charge in [-0.25, -0.2) is 14.4 Å². The van der Waals surface area contributed by atoms with Gasteiger partial charge in [0.25, 0.3) is 0 Å². The van der Waals surface area contributed by atoms with E-state index in [-0.39, 0.29) is 17.6 Å². The summed E-state index contributed by atoms with van der Waals surface area (Å²) in [5, 5.41) is 12.6. The van der Waals surface area contributed by atoms with E-state index in [2.05, 4.69) is 15.3 Å². The fraction of sp³-hybridized carbons (Fsp3) is 0.0556. The number of nitrogens with one attached hydrogen (secondary N) is 1. The zero-order chi connectivity index (χ0) is 16.9. The molecule has 1 heterocycles. The SMILES string of the molecule is N#Cc1cnc(NC(c2cccc(F)c2)c2cccc(Cl)c2)cn1. The highest BCUT2D eigenvalue weighted by molar-refractivity contribution is 6.30. The number of hydrogen-bond acceptors (Lipinski definition) is 4. The third-order valence-corrected chi connectivity index (χ3v) is 3.66. The van der Waals surface area contributed by atoms with Crippen molar-refractivity contribution in [3.05, 3.63) is 88.6 Å². The van der Waals surface area contributed by atoms with Crippen molar-refractivity contribution >= 4 is 17.4 Å². The van der Waals surface area contributed by atoms with Crippen molar-refractivity contribution in [3.63, 3.8) is 0 Å². The van der Waals surface area contributed by atoms with Crippen molar-refractivity contribution in [2.45, 2.75) is 6.04 Å². The summed E-state index contributed by atoms with van der Waals surface area (Å²) in [5.41, 5.74) is 1.81. The molecule has 0 aliphatic heterocycles. The molecule has 118 valence electrons. The second-order valence-electron chi connectivity index (χ2n) is 5.09. The summed E-state index contributed by atoms with van der Waals surface area (Å²) in [5.74, 6) is 0.149. The Balaban J connectivity index is 1.99. The van der Waals surface area contributed by atoms with Gasteiger partial charge >= 0.3 is 0 Å². The van der Waals surface area contributed by atoms with Crippen molar-refractivity contribution in [1.29, 1.82) is 5.26 Å². The molecule has 24 heavy (non-hydrogen) atoms. The monoisotopic (exact) mass is 338 g/mol. The van der Waals surface area contributed by atoms with Crippen LogP contribution in [0.3, 0.4) is 0 Å². The molecule has 0 fully saturated rings. The molecule has 2 aromatic carbocycles. The summed E-state index contributed by atoms with van der Waals surface area (Å²) in [6.07, 6.45) is 2.85. The summed E-state index contributed by atoms with van der Waals surface area (Å²) < 4.78 is 13.6. The molecular formula is C18H12ClFN4. The Kier molecular flexibility index (Phi) is 4.69. The third kappa shape index (κ3) is 3.67. The molecular weight excluding hydrogens is 327 g/mol. The lowest BCUT2D eigenvalue weighted by Crippen LogP contribution is -2.14. The highest BCUT2D eigenvalue weighted by atomic mass is 35.5. The van der Waals surface area contributed by atoms with Gasteiger partial charge in [-0.15, -0.1) is 0 Å². The minimum atomic E-state index is -0.360. The molecule has 0 aliphatic rings. The van der Waals surface area contributed by atoms with E-state index in [9.17, 15) is 4.39 Å². The average molecular weight is 339 g/mol. The fourth-order valence-corrected chi connectivity index (χ4v) is 2.54.